The first-order valence-corrected chi connectivity index (χ1v) is 8.80. The van der Waals surface area contributed by atoms with Gasteiger partial charge in [-0.25, -0.2) is 4.98 Å². The van der Waals surface area contributed by atoms with Crippen LogP contribution < -0.4 is 10.7 Å². The maximum absolute atomic E-state index is 9.82. The van der Waals surface area contributed by atoms with Crippen LogP contribution >= 0.6 is 15.9 Å². The van der Waals surface area contributed by atoms with E-state index in [-0.39, 0.29) is 5.75 Å². The van der Waals surface area contributed by atoms with Crippen LogP contribution in [0.2, 0.25) is 0 Å². The lowest BCUT2D eigenvalue weighted by Gasteiger charge is -2.08. The molecule has 0 aliphatic carbocycles. The Hall–Kier alpha value is -2.93. The summed E-state index contributed by atoms with van der Waals surface area (Å²) in [6.45, 7) is 2.53. The van der Waals surface area contributed by atoms with E-state index in [0.29, 0.717) is 23.9 Å². The molecule has 6 nitrogen and oxygen atoms in total. The molecular weight excluding hydrogens is 394 g/mol. The lowest BCUT2D eigenvalue weighted by molar-refractivity contribution is 0.474. The number of benzene rings is 2. The molecule has 3 aromatic rings. The van der Waals surface area contributed by atoms with E-state index in [0.717, 1.165) is 15.7 Å². The summed E-state index contributed by atoms with van der Waals surface area (Å²) in [4.78, 5) is 8.78. The van der Waals surface area contributed by atoms with Gasteiger partial charge < -0.3 is 10.4 Å². The van der Waals surface area contributed by atoms with Crippen molar-refractivity contribution < 1.29 is 5.11 Å². The van der Waals surface area contributed by atoms with Crippen molar-refractivity contribution in [3.05, 3.63) is 75.9 Å². The van der Waals surface area contributed by atoms with Gasteiger partial charge in [0.15, 0.2) is 5.82 Å². The molecule has 1 aromatic heterocycles. The Kier molecular flexibility index (Phi) is 5.80. The summed E-state index contributed by atoms with van der Waals surface area (Å²) in [5.74, 6) is 1.25. The number of nitrogens with one attached hydrogen (secondary N) is 2. The lowest BCUT2D eigenvalue weighted by atomic mass is 10.2. The van der Waals surface area contributed by atoms with Gasteiger partial charge in [-0.3, -0.25) is 5.43 Å². The fourth-order valence-corrected chi connectivity index (χ4v) is 2.66. The van der Waals surface area contributed by atoms with Crippen LogP contribution in [0.4, 0.5) is 11.8 Å². The molecule has 7 heteroatoms. The summed E-state index contributed by atoms with van der Waals surface area (Å²) in [5.41, 5.74) is 5.43. The van der Waals surface area contributed by atoms with Crippen LogP contribution in [-0.2, 0) is 6.54 Å². The monoisotopic (exact) mass is 411 g/mol. The molecule has 0 saturated carbocycles. The fraction of sp³-hybridized carbons (Fsp3) is 0.105. The second-order valence-electron chi connectivity index (χ2n) is 5.63. The minimum absolute atomic E-state index is 0.155. The number of phenols is 1. The Labute approximate surface area is 160 Å². The van der Waals surface area contributed by atoms with Crippen molar-refractivity contribution in [2.45, 2.75) is 13.5 Å². The highest BCUT2D eigenvalue weighted by Crippen LogP contribution is 2.20. The number of phenolic OH excluding ortho intramolecular Hbond substituents is 1. The zero-order valence-corrected chi connectivity index (χ0v) is 15.7. The lowest BCUT2D eigenvalue weighted by Crippen LogP contribution is -2.06. The number of nitrogens with zero attached hydrogens (tertiary/aromatic N) is 3. The molecule has 1 heterocycles. The maximum Gasteiger partial charge on any atom is 0.225 e. The topological polar surface area (TPSA) is 82.4 Å². The van der Waals surface area contributed by atoms with E-state index in [9.17, 15) is 5.11 Å². The van der Waals surface area contributed by atoms with Crippen LogP contribution in [0.3, 0.4) is 0 Å². The summed E-state index contributed by atoms with van der Waals surface area (Å²) >= 11 is 3.37. The standard InChI is InChI=1S/C19H18BrN5O/c1-13-9-18(25-22-12-15-10-16(20)7-8-17(15)26)24-19(23-13)21-11-14-5-3-2-4-6-14/h2-10,12,26H,11H2,1H3,(H2,21,23,24,25)/b22-12+. The quantitative estimate of drug-likeness (QED) is 0.415. The van der Waals surface area contributed by atoms with Crippen LogP contribution in [0, 0.1) is 6.92 Å². The van der Waals surface area contributed by atoms with Crippen molar-refractivity contribution in [2.75, 3.05) is 10.7 Å². The summed E-state index contributed by atoms with van der Waals surface area (Å²) in [5, 5.41) is 17.2. The Morgan fingerprint density at radius 2 is 1.92 bits per heavy atom. The van der Waals surface area contributed by atoms with Gasteiger partial charge in [0.25, 0.3) is 0 Å². The molecule has 2 aromatic carbocycles. The van der Waals surface area contributed by atoms with Crippen LogP contribution in [0.15, 0.2) is 64.2 Å². The Morgan fingerprint density at radius 1 is 1.12 bits per heavy atom. The molecule has 0 aliphatic rings. The second kappa shape index (κ2) is 8.44. The molecule has 0 amide bonds. The predicted molar refractivity (Wildman–Crippen MR) is 108 cm³/mol. The van der Waals surface area contributed by atoms with Crippen LogP contribution in [0.1, 0.15) is 16.8 Å². The molecule has 132 valence electrons. The third-order valence-corrected chi connectivity index (χ3v) is 4.01. The number of hydrogen-bond acceptors (Lipinski definition) is 6. The third-order valence-electron chi connectivity index (χ3n) is 3.52. The fourth-order valence-electron chi connectivity index (χ4n) is 2.28. The first kappa shape index (κ1) is 17.9. The van der Waals surface area contributed by atoms with Gasteiger partial charge in [0, 0.05) is 28.3 Å². The number of rotatable bonds is 6. The molecule has 0 atom stereocenters. The average Bonchev–Trinajstić information content (AvgIpc) is 2.63. The number of hydrazone groups is 1. The smallest absolute Gasteiger partial charge is 0.225 e. The predicted octanol–water partition coefficient (Wildman–Crippen LogP) is 4.31. The van der Waals surface area contributed by atoms with Gasteiger partial charge in [-0.1, -0.05) is 46.3 Å². The van der Waals surface area contributed by atoms with Gasteiger partial charge in [0.05, 0.1) is 6.21 Å². The summed E-state index contributed by atoms with van der Waals surface area (Å²) in [6.07, 6.45) is 1.54. The molecule has 0 unspecified atom stereocenters. The minimum atomic E-state index is 0.155. The maximum atomic E-state index is 9.82. The van der Waals surface area contributed by atoms with E-state index in [1.807, 2.05) is 37.3 Å². The van der Waals surface area contributed by atoms with E-state index < -0.39 is 0 Å². The zero-order valence-electron chi connectivity index (χ0n) is 14.1. The van der Waals surface area contributed by atoms with E-state index in [1.54, 1.807) is 24.3 Å². The van der Waals surface area contributed by atoms with Gasteiger partial charge in [-0.2, -0.15) is 10.1 Å². The molecule has 0 aliphatic heterocycles. The van der Waals surface area contributed by atoms with E-state index in [4.69, 9.17) is 0 Å². The van der Waals surface area contributed by atoms with Crippen LogP contribution in [-0.4, -0.2) is 21.3 Å². The molecule has 3 N–H and O–H groups in total. The molecule has 26 heavy (non-hydrogen) atoms. The van der Waals surface area contributed by atoms with Crippen LogP contribution in [0.25, 0.3) is 0 Å². The third kappa shape index (κ3) is 5.03. The average molecular weight is 412 g/mol. The minimum Gasteiger partial charge on any atom is -0.507 e. The first-order chi connectivity index (χ1) is 12.6. The van der Waals surface area contributed by atoms with Gasteiger partial charge >= 0.3 is 0 Å². The molecular formula is C19H18BrN5O. The van der Waals surface area contributed by atoms with E-state index >= 15 is 0 Å². The van der Waals surface area contributed by atoms with Crippen molar-refractivity contribution >= 4 is 33.9 Å². The molecule has 0 fully saturated rings. The van der Waals surface area contributed by atoms with Gasteiger partial charge in [-0.05, 0) is 30.7 Å². The van der Waals surface area contributed by atoms with Crippen molar-refractivity contribution in [1.29, 1.82) is 0 Å². The SMILES string of the molecule is Cc1cc(N/N=C/c2cc(Br)ccc2O)nc(NCc2ccccc2)n1. The largest absolute Gasteiger partial charge is 0.507 e. The van der Waals surface area contributed by atoms with Gasteiger partial charge in [-0.15, -0.1) is 0 Å². The van der Waals surface area contributed by atoms with Crippen molar-refractivity contribution in [1.82, 2.24) is 9.97 Å². The number of anilines is 2. The number of aromatic nitrogens is 2. The zero-order chi connectivity index (χ0) is 18.4. The highest BCUT2D eigenvalue weighted by atomic mass is 79.9. The van der Waals surface area contributed by atoms with E-state index in [1.165, 1.54) is 6.21 Å². The number of halogens is 1. The first-order valence-electron chi connectivity index (χ1n) is 8.01. The Balaban J connectivity index is 1.67. The van der Waals surface area contributed by atoms with Crippen molar-refractivity contribution in [3.63, 3.8) is 0 Å². The second-order valence-corrected chi connectivity index (χ2v) is 6.55. The normalized spacial score (nSPS) is 10.8. The number of aryl methyl sites for hydroxylation is 1. The highest BCUT2D eigenvalue weighted by Gasteiger charge is 2.02. The molecule has 0 spiro atoms. The number of aromatic hydroxyl groups is 1. The van der Waals surface area contributed by atoms with Crippen molar-refractivity contribution in [3.8, 4) is 5.75 Å². The Morgan fingerprint density at radius 3 is 2.73 bits per heavy atom. The van der Waals surface area contributed by atoms with E-state index in [2.05, 4.69) is 41.7 Å². The Bertz CT molecular complexity index is 915. The molecule has 0 radical (unpaired) electrons. The van der Waals surface area contributed by atoms with Gasteiger partial charge in [0.2, 0.25) is 5.95 Å². The summed E-state index contributed by atoms with van der Waals surface area (Å²) in [6, 6.07) is 17.0. The molecule has 0 bridgehead atoms. The van der Waals surface area contributed by atoms with Gasteiger partial charge in [0.1, 0.15) is 5.75 Å². The molecule has 3 rings (SSSR count). The molecule has 0 saturated heterocycles. The van der Waals surface area contributed by atoms with Crippen molar-refractivity contribution in [2.24, 2.45) is 5.10 Å². The van der Waals surface area contributed by atoms with Crippen LogP contribution in [0.5, 0.6) is 5.75 Å². The summed E-state index contributed by atoms with van der Waals surface area (Å²) < 4.78 is 0.863. The number of hydrogen-bond donors (Lipinski definition) is 3. The highest BCUT2D eigenvalue weighted by molar-refractivity contribution is 9.10. The summed E-state index contributed by atoms with van der Waals surface area (Å²) in [7, 11) is 0.